The summed E-state index contributed by atoms with van der Waals surface area (Å²) < 4.78 is 5.75. The van der Waals surface area contributed by atoms with E-state index in [9.17, 15) is 4.79 Å². The molecule has 2 N–H and O–H groups in total. The number of carbonyl (C=O) groups excluding carboxylic acids is 1. The lowest BCUT2D eigenvalue weighted by molar-refractivity contribution is -0.908. The number of para-hydroxylation sites is 1. The molecule has 0 radical (unpaired) electrons. The van der Waals surface area contributed by atoms with Gasteiger partial charge in [-0.25, -0.2) is 0 Å². The first kappa shape index (κ1) is 17.4. The average molecular weight is 366 g/mol. The Morgan fingerprint density at radius 1 is 1.33 bits per heavy atom. The minimum Gasteiger partial charge on any atom is -0.372 e. The zero-order valence-electron chi connectivity index (χ0n) is 13.5. The van der Waals surface area contributed by atoms with Gasteiger partial charge in [-0.1, -0.05) is 29.8 Å². The summed E-state index contributed by atoms with van der Waals surface area (Å²) in [6, 6.07) is 11.5. The molecule has 24 heavy (non-hydrogen) atoms. The fourth-order valence-corrected chi connectivity index (χ4v) is 3.94. The molecule has 3 rings (SSSR count). The van der Waals surface area contributed by atoms with Gasteiger partial charge in [0.1, 0.15) is 19.2 Å². The number of hydrogen-bond donors (Lipinski definition) is 2. The zero-order valence-corrected chi connectivity index (χ0v) is 15.0. The van der Waals surface area contributed by atoms with Crippen molar-refractivity contribution in [3.63, 3.8) is 0 Å². The summed E-state index contributed by atoms with van der Waals surface area (Å²) in [5, 5.41) is 5.55. The van der Waals surface area contributed by atoms with E-state index in [2.05, 4.69) is 16.8 Å². The van der Waals surface area contributed by atoms with E-state index < -0.39 is 0 Å². The van der Waals surface area contributed by atoms with Crippen LogP contribution in [-0.2, 0) is 16.1 Å². The Bertz CT molecular complexity index is 657. The Morgan fingerprint density at radius 3 is 2.92 bits per heavy atom. The van der Waals surface area contributed by atoms with Crippen molar-refractivity contribution in [3.05, 3.63) is 51.7 Å². The maximum atomic E-state index is 12.4. The predicted octanol–water partition coefficient (Wildman–Crippen LogP) is 2.60. The van der Waals surface area contributed by atoms with Crippen LogP contribution >= 0.6 is 22.9 Å². The number of quaternary nitrogens is 1. The molecule has 0 saturated carbocycles. The van der Waals surface area contributed by atoms with Gasteiger partial charge in [-0.05, 0) is 36.4 Å². The van der Waals surface area contributed by atoms with E-state index in [1.54, 1.807) is 17.4 Å². The van der Waals surface area contributed by atoms with Crippen LogP contribution in [0.4, 0.5) is 5.69 Å². The molecule has 2 atom stereocenters. The summed E-state index contributed by atoms with van der Waals surface area (Å²) in [4.78, 5) is 15.0. The quantitative estimate of drug-likeness (QED) is 0.792. The van der Waals surface area contributed by atoms with Crippen molar-refractivity contribution in [2.45, 2.75) is 25.5 Å². The molecule has 1 saturated heterocycles. The molecular weight excluding hydrogens is 344 g/mol. The van der Waals surface area contributed by atoms with Crippen LogP contribution < -0.4 is 10.2 Å². The third-order valence-corrected chi connectivity index (χ3v) is 5.31. The average Bonchev–Trinajstić information content (AvgIpc) is 3.23. The number of thiophene rings is 1. The molecule has 128 valence electrons. The summed E-state index contributed by atoms with van der Waals surface area (Å²) in [6.45, 7) is 2.94. The van der Waals surface area contributed by atoms with Crippen molar-refractivity contribution >= 4 is 34.5 Å². The van der Waals surface area contributed by atoms with E-state index >= 15 is 0 Å². The monoisotopic (exact) mass is 365 g/mol. The molecule has 1 amide bonds. The summed E-state index contributed by atoms with van der Waals surface area (Å²) in [5.74, 6) is -0.0207. The van der Waals surface area contributed by atoms with Crippen LogP contribution in [0.2, 0.25) is 5.02 Å². The molecule has 1 aromatic carbocycles. The van der Waals surface area contributed by atoms with Gasteiger partial charge in [0.25, 0.3) is 5.91 Å². The summed E-state index contributed by atoms with van der Waals surface area (Å²) in [5.41, 5.74) is 0.664. The van der Waals surface area contributed by atoms with Crippen molar-refractivity contribution in [2.75, 3.05) is 25.0 Å². The van der Waals surface area contributed by atoms with E-state index in [0.717, 1.165) is 32.5 Å². The molecular formula is C18H22ClN2O2S+. The van der Waals surface area contributed by atoms with Crippen molar-refractivity contribution in [2.24, 2.45) is 0 Å². The lowest BCUT2D eigenvalue weighted by Crippen LogP contribution is -3.12. The smallest absolute Gasteiger partial charge is 0.279 e. The van der Waals surface area contributed by atoms with E-state index in [1.165, 1.54) is 9.78 Å². The second kappa shape index (κ2) is 8.62. The van der Waals surface area contributed by atoms with Gasteiger partial charge >= 0.3 is 0 Å². The number of benzene rings is 1. The maximum absolute atomic E-state index is 12.4. The van der Waals surface area contributed by atoms with Gasteiger partial charge in [0.05, 0.1) is 15.6 Å². The highest BCUT2D eigenvalue weighted by atomic mass is 35.5. The Kier molecular flexibility index (Phi) is 6.26. The first-order valence-corrected chi connectivity index (χ1v) is 9.48. The Labute approximate surface area is 151 Å². The molecule has 2 aromatic rings. The van der Waals surface area contributed by atoms with Crippen LogP contribution in [0.15, 0.2) is 41.8 Å². The third kappa shape index (κ3) is 5.05. The summed E-state index contributed by atoms with van der Waals surface area (Å²) in [7, 11) is 0. The topological polar surface area (TPSA) is 42.8 Å². The maximum Gasteiger partial charge on any atom is 0.279 e. The summed E-state index contributed by atoms with van der Waals surface area (Å²) in [6.07, 6.45) is 2.45. The van der Waals surface area contributed by atoms with Gasteiger partial charge in [0, 0.05) is 6.61 Å². The highest BCUT2D eigenvalue weighted by molar-refractivity contribution is 7.09. The van der Waals surface area contributed by atoms with E-state index in [1.807, 2.05) is 24.3 Å². The molecule has 0 spiro atoms. The number of halogens is 1. The lowest BCUT2D eigenvalue weighted by atomic mass is 10.2. The number of carbonyl (C=O) groups is 1. The second-order valence-corrected chi connectivity index (χ2v) is 7.49. The highest BCUT2D eigenvalue weighted by Gasteiger charge is 2.24. The summed E-state index contributed by atoms with van der Waals surface area (Å²) >= 11 is 7.85. The van der Waals surface area contributed by atoms with E-state index in [-0.39, 0.29) is 12.0 Å². The van der Waals surface area contributed by atoms with Crippen LogP contribution in [0, 0.1) is 0 Å². The molecule has 0 bridgehead atoms. The third-order valence-electron chi connectivity index (χ3n) is 4.10. The van der Waals surface area contributed by atoms with Gasteiger partial charge in [-0.15, -0.1) is 11.3 Å². The van der Waals surface area contributed by atoms with Crippen LogP contribution in [0.5, 0.6) is 0 Å². The van der Waals surface area contributed by atoms with Gasteiger partial charge < -0.3 is 15.0 Å². The fraction of sp³-hybridized carbons (Fsp3) is 0.389. The van der Waals surface area contributed by atoms with Crippen LogP contribution in [0.25, 0.3) is 0 Å². The number of rotatable bonds is 7. The second-order valence-electron chi connectivity index (χ2n) is 6.05. The zero-order chi connectivity index (χ0) is 16.8. The molecule has 0 aliphatic carbocycles. The van der Waals surface area contributed by atoms with Crippen molar-refractivity contribution in [1.29, 1.82) is 0 Å². The minimum absolute atomic E-state index is 0.0207. The van der Waals surface area contributed by atoms with Gasteiger partial charge in [0.2, 0.25) is 0 Å². The molecule has 6 heteroatoms. The molecule has 1 fully saturated rings. The van der Waals surface area contributed by atoms with Crippen LogP contribution in [0.3, 0.4) is 0 Å². The van der Waals surface area contributed by atoms with Crippen molar-refractivity contribution in [3.8, 4) is 0 Å². The first-order valence-electron chi connectivity index (χ1n) is 8.22. The highest BCUT2D eigenvalue weighted by Crippen LogP contribution is 2.20. The molecule has 1 unspecified atom stereocenters. The molecule has 2 heterocycles. The Balaban J connectivity index is 1.61. The number of nitrogens with one attached hydrogen (secondary N) is 2. The molecule has 1 aliphatic heterocycles. The normalized spacial score (nSPS) is 18.5. The minimum atomic E-state index is -0.0207. The van der Waals surface area contributed by atoms with Crippen LogP contribution in [0.1, 0.15) is 17.7 Å². The largest absolute Gasteiger partial charge is 0.372 e. The number of anilines is 1. The standard InChI is InChI=1S/C18H21ClN2O2S/c19-16-7-1-2-8-17(16)20-18(22)13-21(11-14-5-3-9-23-14)12-15-6-4-10-24-15/h1-2,4,6-8,10,14H,3,5,9,11-13H2,(H,20,22)/p+1/t14-/m1/s1. The SMILES string of the molecule is O=C(C[NH+](Cc1cccs1)C[C@H]1CCCO1)Nc1ccccc1Cl. The lowest BCUT2D eigenvalue weighted by Gasteiger charge is -2.21. The number of amides is 1. The van der Waals surface area contributed by atoms with Gasteiger partial charge in [-0.3, -0.25) is 4.79 Å². The first-order chi connectivity index (χ1) is 11.7. The predicted molar refractivity (Wildman–Crippen MR) is 97.8 cm³/mol. The van der Waals surface area contributed by atoms with E-state index in [0.29, 0.717) is 17.3 Å². The molecule has 1 aromatic heterocycles. The molecule has 4 nitrogen and oxygen atoms in total. The van der Waals surface area contributed by atoms with Crippen LogP contribution in [-0.4, -0.2) is 31.7 Å². The number of ether oxygens (including phenoxy) is 1. The Hall–Kier alpha value is -1.40. The van der Waals surface area contributed by atoms with Crippen molar-refractivity contribution in [1.82, 2.24) is 0 Å². The fourth-order valence-electron chi connectivity index (χ4n) is 2.98. The number of hydrogen-bond acceptors (Lipinski definition) is 3. The van der Waals surface area contributed by atoms with Crippen molar-refractivity contribution < 1.29 is 14.4 Å². The Morgan fingerprint density at radius 2 is 2.21 bits per heavy atom. The molecule has 1 aliphatic rings. The van der Waals surface area contributed by atoms with Gasteiger partial charge in [0.15, 0.2) is 6.54 Å². The van der Waals surface area contributed by atoms with E-state index in [4.69, 9.17) is 16.3 Å². The van der Waals surface area contributed by atoms with Gasteiger partial charge in [-0.2, -0.15) is 0 Å².